The van der Waals surface area contributed by atoms with Gasteiger partial charge in [-0.1, -0.05) is 11.6 Å². The molecule has 3 aromatic heterocycles. The summed E-state index contributed by atoms with van der Waals surface area (Å²) in [6, 6.07) is 8.58. The zero-order valence-electron chi connectivity index (χ0n) is 19.4. The first-order chi connectivity index (χ1) is 16.9. The van der Waals surface area contributed by atoms with E-state index in [2.05, 4.69) is 44.6 Å². The quantitative estimate of drug-likeness (QED) is 0.335. The van der Waals surface area contributed by atoms with Crippen LogP contribution in [0.2, 0.25) is 5.02 Å². The number of hydrogen-bond acceptors (Lipinski definition) is 6. The van der Waals surface area contributed by atoms with Gasteiger partial charge in [0.15, 0.2) is 0 Å². The molecule has 4 heterocycles. The minimum atomic E-state index is -0.815. The molecule has 2 unspecified atom stereocenters. The van der Waals surface area contributed by atoms with Crippen molar-refractivity contribution >= 4 is 28.3 Å². The van der Waals surface area contributed by atoms with Crippen LogP contribution in [0, 0.1) is 11.6 Å². The van der Waals surface area contributed by atoms with Gasteiger partial charge in [-0.2, -0.15) is 5.10 Å². The van der Waals surface area contributed by atoms with Crippen LogP contribution in [0.3, 0.4) is 0 Å². The highest BCUT2D eigenvalue weighted by atomic mass is 35.5. The second kappa shape index (κ2) is 9.85. The number of nitrogens with zero attached hydrogens (tertiary/aromatic N) is 4. The van der Waals surface area contributed by atoms with Crippen LogP contribution in [0.5, 0.6) is 0 Å². The molecule has 35 heavy (non-hydrogen) atoms. The van der Waals surface area contributed by atoms with Gasteiger partial charge >= 0.3 is 0 Å². The van der Waals surface area contributed by atoms with Gasteiger partial charge in [0.25, 0.3) is 0 Å². The number of benzene rings is 1. The molecule has 0 aliphatic carbocycles. The van der Waals surface area contributed by atoms with Crippen molar-refractivity contribution in [2.75, 3.05) is 31.5 Å². The van der Waals surface area contributed by atoms with E-state index in [-0.39, 0.29) is 10.6 Å². The molecule has 7 nitrogen and oxygen atoms in total. The fraction of sp³-hybridized carbons (Fsp3) is 0.320. The largest absolute Gasteiger partial charge is 0.382 e. The standard InChI is InChI=1S/C25H26ClF2N7/c1-14-12-35(13-15(2)32-14)6-5-29-16-7-24-23(30-10-16)4-3-22(33-24)18-11-31-34-25(18)17-8-19(26)21(28)9-20(17)27/h3-4,7-11,14-15,29,32H,5-6,12-13H2,1-2H3,(H,31,34). The number of anilines is 1. The van der Waals surface area contributed by atoms with Crippen LogP contribution in [-0.4, -0.2) is 63.3 Å². The molecule has 0 bridgehead atoms. The summed E-state index contributed by atoms with van der Waals surface area (Å²) in [5.41, 5.74) is 3.97. The number of hydrogen-bond donors (Lipinski definition) is 3. The lowest BCUT2D eigenvalue weighted by Gasteiger charge is -2.36. The van der Waals surface area contributed by atoms with Crippen LogP contribution in [0.15, 0.2) is 42.7 Å². The fourth-order valence-electron chi connectivity index (χ4n) is 4.63. The van der Waals surface area contributed by atoms with Crippen LogP contribution in [0.4, 0.5) is 14.5 Å². The monoisotopic (exact) mass is 497 g/mol. The SMILES string of the molecule is CC1CN(CCNc2cnc3ccc(-c4cn[nH]c4-c4cc(Cl)c(F)cc4F)nc3c2)CC(C)N1. The summed E-state index contributed by atoms with van der Waals surface area (Å²) in [5, 5.41) is 13.7. The van der Waals surface area contributed by atoms with Gasteiger partial charge in [-0.3, -0.25) is 15.0 Å². The Balaban J connectivity index is 1.36. The van der Waals surface area contributed by atoms with E-state index in [9.17, 15) is 8.78 Å². The van der Waals surface area contributed by atoms with Crippen LogP contribution in [-0.2, 0) is 0 Å². The lowest BCUT2D eigenvalue weighted by Crippen LogP contribution is -2.54. The Morgan fingerprint density at radius 3 is 2.63 bits per heavy atom. The Kier molecular flexibility index (Phi) is 6.64. The zero-order chi connectivity index (χ0) is 24.5. The van der Waals surface area contributed by atoms with Crippen molar-refractivity contribution in [1.29, 1.82) is 0 Å². The summed E-state index contributed by atoms with van der Waals surface area (Å²) in [5.74, 6) is -1.55. The van der Waals surface area contributed by atoms with Gasteiger partial charge in [0, 0.05) is 55.5 Å². The predicted molar refractivity (Wildman–Crippen MR) is 134 cm³/mol. The molecule has 1 aliphatic rings. The minimum absolute atomic E-state index is 0.121. The molecule has 0 amide bonds. The maximum atomic E-state index is 14.5. The molecule has 1 fully saturated rings. The van der Waals surface area contributed by atoms with Crippen molar-refractivity contribution in [2.45, 2.75) is 25.9 Å². The molecule has 1 aliphatic heterocycles. The van der Waals surface area contributed by atoms with Crippen LogP contribution in [0.1, 0.15) is 13.8 Å². The van der Waals surface area contributed by atoms with Crippen molar-refractivity contribution < 1.29 is 8.78 Å². The maximum absolute atomic E-state index is 14.5. The number of aromatic nitrogens is 4. The van der Waals surface area contributed by atoms with Crippen molar-refractivity contribution in [1.82, 2.24) is 30.4 Å². The molecule has 5 rings (SSSR count). The number of nitrogens with one attached hydrogen (secondary N) is 3. The molecule has 3 N–H and O–H groups in total. The van der Waals surface area contributed by atoms with Crippen molar-refractivity contribution in [3.63, 3.8) is 0 Å². The molecule has 10 heteroatoms. The van der Waals surface area contributed by atoms with Gasteiger partial charge in [-0.25, -0.2) is 13.8 Å². The Labute approximate surface area is 206 Å². The van der Waals surface area contributed by atoms with Gasteiger partial charge in [-0.15, -0.1) is 0 Å². The molecule has 1 saturated heterocycles. The van der Waals surface area contributed by atoms with E-state index >= 15 is 0 Å². The molecular weight excluding hydrogens is 472 g/mol. The first-order valence-electron chi connectivity index (χ1n) is 11.5. The average molecular weight is 498 g/mol. The third kappa shape index (κ3) is 5.12. The number of fused-ring (bicyclic) bond motifs is 1. The van der Waals surface area contributed by atoms with E-state index in [1.54, 1.807) is 18.5 Å². The predicted octanol–water partition coefficient (Wildman–Crippen LogP) is 4.71. The second-order valence-electron chi connectivity index (χ2n) is 9.02. The highest BCUT2D eigenvalue weighted by molar-refractivity contribution is 6.31. The Morgan fingerprint density at radius 2 is 1.83 bits per heavy atom. The van der Waals surface area contributed by atoms with E-state index in [0.717, 1.165) is 43.4 Å². The Bertz CT molecular complexity index is 1350. The van der Waals surface area contributed by atoms with Gasteiger partial charge in [0.05, 0.1) is 45.5 Å². The van der Waals surface area contributed by atoms with Crippen LogP contribution in [0.25, 0.3) is 33.5 Å². The molecule has 4 aromatic rings. The summed E-state index contributed by atoms with van der Waals surface area (Å²) < 4.78 is 28.1. The topological polar surface area (TPSA) is 81.8 Å². The number of aromatic amines is 1. The number of H-pyrrole nitrogens is 1. The molecule has 1 aromatic carbocycles. The second-order valence-corrected chi connectivity index (χ2v) is 9.43. The molecule has 0 saturated carbocycles. The van der Waals surface area contributed by atoms with Gasteiger partial charge < -0.3 is 10.6 Å². The van der Waals surface area contributed by atoms with Crippen molar-refractivity contribution in [3.05, 3.63) is 59.4 Å². The van der Waals surface area contributed by atoms with Crippen LogP contribution < -0.4 is 10.6 Å². The molecular formula is C25H26ClF2N7. The van der Waals surface area contributed by atoms with Crippen LogP contribution >= 0.6 is 11.6 Å². The highest BCUT2D eigenvalue weighted by Gasteiger charge is 2.20. The molecule has 0 spiro atoms. The third-order valence-corrected chi connectivity index (χ3v) is 6.41. The number of halogens is 3. The summed E-state index contributed by atoms with van der Waals surface area (Å²) in [7, 11) is 0. The fourth-order valence-corrected chi connectivity index (χ4v) is 4.80. The van der Waals surface area contributed by atoms with Gasteiger partial charge in [-0.05, 0) is 38.1 Å². The van der Waals surface area contributed by atoms with E-state index in [1.807, 2.05) is 12.1 Å². The van der Waals surface area contributed by atoms with E-state index < -0.39 is 11.6 Å². The summed E-state index contributed by atoms with van der Waals surface area (Å²) >= 11 is 5.89. The Morgan fingerprint density at radius 1 is 1.03 bits per heavy atom. The summed E-state index contributed by atoms with van der Waals surface area (Å²) in [6.45, 7) is 8.20. The summed E-state index contributed by atoms with van der Waals surface area (Å²) in [6.07, 6.45) is 3.36. The lowest BCUT2D eigenvalue weighted by molar-refractivity contribution is 0.179. The van der Waals surface area contributed by atoms with Gasteiger partial charge in [0.1, 0.15) is 11.6 Å². The summed E-state index contributed by atoms with van der Waals surface area (Å²) in [4.78, 5) is 11.7. The first-order valence-corrected chi connectivity index (χ1v) is 11.9. The van der Waals surface area contributed by atoms with Crippen molar-refractivity contribution in [3.8, 4) is 22.5 Å². The highest BCUT2D eigenvalue weighted by Crippen LogP contribution is 2.34. The first kappa shape index (κ1) is 23.6. The van der Waals surface area contributed by atoms with Crippen molar-refractivity contribution in [2.24, 2.45) is 0 Å². The average Bonchev–Trinajstić information content (AvgIpc) is 3.30. The Hall–Kier alpha value is -3.14. The van der Waals surface area contributed by atoms with Gasteiger partial charge in [0.2, 0.25) is 0 Å². The number of piperazine rings is 1. The maximum Gasteiger partial charge on any atom is 0.144 e. The minimum Gasteiger partial charge on any atom is -0.382 e. The molecule has 2 atom stereocenters. The lowest BCUT2D eigenvalue weighted by atomic mass is 10.0. The smallest absolute Gasteiger partial charge is 0.144 e. The number of pyridine rings is 2. The molecule has 182 valence electrons. The normalized spacial score (nSPS) is 18.8. The number of rotatable bonds is 6. The van der Waals surface area contributed by atoms with E-state index in [0.29, 0.717) is 34.6 Å². The third-order valence-electron chi connectivity index (χ3n) is 6.12. The zero-order valence-corrected chi connectivity index (χ0v) is 20.2. The van der Waals surface area contributed by atoms with E-state index in [4.69, 9.17) is 16.6 Å². The molecule has 0 radical (unpaired) electrons. The van der Waals surface area contributed by atoms with E-state index in [1.165, 1.54) is 6.07 Å².